The van der Waals surface area contributed by atoms with Gasteiger partial charge in [0.05, 0.1) is 4.75 Å². The predicted octanol–water partition coefficient (Wildman–Crippen LogP) is 1.22. The zero-order valence-electron chi connectivity index (χ0n) is 7.70. The molecule has 1 heterocycles. The summed E-state index contributed by atoms with van der Waals surface area (Å²) in [6.07, 6.45) is 0. The summed E-state index contributed by atoms with van der Waals surface area (Å²) in [5.74, 6) is 0.646. The van der Waals surface area contributed by atoms with Gasteiger partial charge in [0.15, 0.2) is 11.0 Å². The Morgan fingerprint density at radius 3 is 2.33 bits per heavy atom. The highest BCUT2D eigenvalue weighted by molar-refractivity contribution is 8.16. The van der Waals surface area contributed by atoms with Crippen LogP contribution >= 0.6 is 11.8 Å². The summed E-state index contributed by atoms with van der Waals surface area (Å²) in [5, 5.41) is 12.9. The molecule has 0 saturated carbocycles. The van der Waals surface area contributed by atoms with Crippen molar-refractivity contribution < 1.29 is 5.21 Å². The smallest absolute Gasteiger partial charge is 0.166 e. The van der Waals surface area contributed by atoms with Gasteiger partial charge >= 0.3 is 0 Å². The van der Waals surface area contributed by atoms with Gasteiger partial charge in [0, 0.05) is 14.1 Å². The molecule has 0 unspecified atom stereocenters. The van der Waals surface area contributed by atoms with Crippen LogP contribution in [0.3, 0.4) is 0 Å². The van der Waals surface area contributed by atoms with Gasteiger partial charge in [-0.05, 0) is 13.8 Å². The number of aliphatic imine (C=N–C) groups is 1. The third-order valence-electron chi connectivity index (χ3n) is 1.78. The van der Waals surface area contributed by atoms with Gasteiger partial charge in [-0.15, -0.1) is 0 Å². The molecule has 0 atom stereocenters. The van der Waals surface area contributed by atoms with Crippen molar-refractivity contribution in [2.75, 3.05) is 14.1 Å². The summed E-state index contributed by atoms with van der Waals surface area (Å²) in [6, 6.07) is 0. The monoisotopic (exact) mass is 187 g/mol. The molecule has 0 aromatic heterocycles. The Morgan fingerprint density at radius 1 is 1.50 bits per heavy atom. The van der Waals surface area contributed by atoms with Gasteiger partial charge in [-0.3, -0.25) is 4.99 Å². The molecule has 1 aliphatic heterocycles. The largest absolute Gasteiger partial charge is 0.409 e. The van der Waals surface area contributed by atoms with Crippen molar-refractivity contribution in [2.24, 2.45) is 10.1 Å². The Labute approximate surface area is 76.3 Å². The van der Waals surface area contributed by atoms with E-state index in [4.69, 9.17) is 5.21 Å². The fraction of sp³-hybridized carbons (Fsp3) is 0.714. The van der Waals surface area contributed by atoms with Crippen LogP contribution in [0.4, 0.5) is 0 Å². The highest BCUT2D eigenvalue weighted by Gasteiger charge is 2.40. The Morgan fingerprint density at radius 2 is 2.08 bits per heavy atom. The number of amidine groups is 2. The maximum absolute atomic E-state index is 8.76. The van der Waals surface area contributed by atoms with E-state index >= 15 is 0 Å². The summed E-state index contributed by atoms with van der Waals surface area (Å²) >= 11 is 1.59. The molecule has 1 aliphatic rings. The quantitative estimate of drug-likeness (QED) is 0.458. The molecule has 68 valence electrons. The maximum Gasteiger partial charge on any atom is 0.166 e. The standard InChI is InChI=1S/C7H13N3OS/c1-7(2)5(9-11)10(4)6(8-3)12-7/h11H,1-4H3. The van der Waals surface area contributed by atoms with E-state index in [0.717, 1.165) is 5.17 Å². The third kappa shape index (κ3) is 1.29. The van der Waals surface area contributed by atoms with Gasteiger partial charge < -0.3 is 10.1 Å². The van der Waals surface area contributed by atoms with E-state index in [1.165, 1.54) is 0 Å². The Balaban J connectivity index is 3.04. The number of thioether (sulfide) groups is 1. The minimum absolute atomic E-state index is 0.182. The van der Waals surface area contributed by atoms with Crippen LogP contribution < -0.4 is 0 Å². The van der Waals surface area contributed by atoms with Gasteiger partial charge in [0.1, 0.15) is 0 Å². The topological polar surface area (TPSA) is 48.2 Å². The van der Waals surface area contributed by atoms with Crippen molar-refractivity contribution in [3.8, 4) is 0 Å². The molecular weight excluding hydrogens is 174 g/mol. The first-order chi connectivity index (χ1) is 5.53. The molecule has 0 amide bonds. The fourth-order valence-corrected chi connectivity index (χ4v) is 2.26. The summed E-state index contributed by atoms with van der Waals surface area (Å²) in [7, 11) is 3.58. The molecule has 1 fully saturated rings. The van der Waals surface area contributed by atoms with Crippen molar-refractivity contribution in [1.29, 1.82) is 0 Å². The predicted molar refractivity (Wildman–Crippen MR) is 52.0 cm³/mol. The molecule has 0 aliphatic carbocycles. The van der Waals surface area contributed by atoms with Crippen LogP contribution in [0, 0.1) is 0 Å². The van der Waals surface area contributed by atoms with Crippen LogP contribution in [0.25, 0.3) is 0 Å². The molecule has 0 bridgehead atoms. The highest BCUT2D eigenvalue weighted by atomic mass is 32.2. The first-order valence-corrected chi connectivity index (χ1v) is 4.46. The van der Waals surface area contributed by atoms with Gasteiger partial charge in [0.2, 0.25) is 0 Å². The van der Waals surface area contributed by atoms with Crippen LogP contribution in [0.1, 0.15) is 13.8 Å². The lowest BCUT2D eigenvalue weighted by molar-refractivity contribution is 0.310. The van der Waals surface area contributed by atoms with E-state index in [0.29, 0.717) is 5.84 Å². The number of rotatable bonds is 0. The molecular formula is C7H13N3OS. The SMILES string of the molecule is CN=C1SC(C)(C)C(=NO)N1C. The lowest BCUT2D eigenvalue weighted by atomic mass is 10.2. The molecule has 1 rings (SSSR count). The van der Waals surface area contributed by atoms with E-state index in [2.05, 4.69) is 10.1 Å². The van der Waals surface area contributed by atoms with E-state index < -0.39 is 0 Å². The fourth-order valence-electron chi connectivity index (χ4n) is 1.22. The van der Waals surface area contributed by atoms with Gasteiger partial charge in [-0.25, -0.2) is 0 Å². The van der Waals surface area contributed by atoms with Gasteiger partial charge in [0.25, 0.3) is 0 Å². The van der Waals surface area contributed by atoms with Crippen molar-refractivity contribution >= 4 is 22.8 Å². The van der Waals surface area contributed by atoms with Gasteiger partial charge in [-0.2, -0.15) is 0 Å². The van der Waals surface area contributed by atoms with Gasteiger partial charge in [-0.1, -0.05) is 16.9 Å². The second kappa shape index (κ2) is 2.97. The second-order valence-corrected chi connectivity index (χ2v) is 4.69. The van der Waals surface area contributed by atoms with E-state index in [-0.39, 0.29) is 4.75 Å². The molecule has 12 heavy (non-hydrogen) atoms. The zero-order valence-corrected chi connectivity index (χ0v) is 8.51. The van der Waals surface area contributed by atoms with Crippen LogP contribution in [0.15, 0.2) is 10.1 Å². The van der Waals surface area contributed by atoms with Crippen LogP contribution in [-0.4, -0.2) is 40.0 Å². The summed E-state index contributed by atoms with van der Waals surface area (Å²) < 4.78 is -0.182. The van der Waals surface area contributed by atoms with Crippen molar-refractivity contribution in [1.82, 2.24) is 4.90 Å². The van der Waals surface area contributed by atoms with E-state index in [1.54, 1.807) is 23.7 Å². The minimum atomic E-state index is -0.182. The summed E-state index contributed by atoms with van der Waals surface area (Å²) in [6.45, 7) is 4.00. The number of hydrogen-bond donors (Lipinski definition) is 1. The Hall–Kier alpha value is -0.710. The molecule has 0 aromatic rings. The average molecular weight is 187 g/mol. The van der Waals surface area contributed by atoms with Crippen molar-refractivity contribution in [2.45, 2.75) is 18.6 Å². The minimum Gasteiger partial charge on any atom is -0.409 e. The summed E-state index contributed by atoms with van der Waals surface area (Å²) in [5.41, 5.74) is 0. The molecule has 5 heteroatoms. The maximum atomic E-state index is 8.76. The first-order valence-electron chi connectivity index (χ1n) is 3.65. The van der Waals surface area contributed by atoms with Crippen LogP contribution in [0.5, 0.6) is 0 Å². The molecule has 1 N–H and O–H groups in total. The second-order valence-electron chi connectivity index (χ2n) is 3.10. The Kier molecular flexibility index (Phi) is 2.32. The third-order valence-corrected chi connectivity index (χ3v) is 3.11. The van der Waals surface area contributed by atoms with Crippen LogP contribution in [-0.2, 0) is 0 Å². The normalized spacial score (nSPS) is 28.8. The number of oxime groups is 1. The lowest BCUT2D eigenvalue weighted by Crippen LogP contribution is -2.33. The summed E-state index contributed by atoms with van der Waals surface area (Å²) in [4.78, 5) is 5.87. The number of hydrogen-bond acceptors (Lipinski definition) is 4. The lowest BCUT2D eigenvalue weighted by Gasteiger charge is -2.15. The first kappa shape index (κ1) is 9.38. The van der Waals surface area contributed by atoms with E-state index in [1.807, 2.05) is 20.9 Å². The molecule has 0 aromatic carbocycles. The molecule has 0 spiro atoms. The zero-order chi connectivity index (χ0) is 9.35. The molecule has 4 nitrogen and oxygen atoms in total. The Bertz CT molecular complexity index is 247. The van der Waals surface area contributed by atoms with Crippen LogP contribution in [0.2, 0.25) is 0 Å². The van der Waals surface area contributed by atoms with E-state index in [9.17, 15) is 0 Å². The molecule has 0 radical (unpaired) electrons. The average Bonchev–Trinajstić information content (AvgIpc) is 2.21. The van der Waals surface area contributed by atoms with Crippen molar-refractivity contribution in [3.63, 3.8) is 0 Å². The highest BCUT2D eigenvalue weighted by Crippen LogP contribution is 2.36. The van der Waals surface area contributed by atoms with Crippen molar-refractivity contribution in [3.05, 3.63) is 0 Å². The molecule has 1 saturated heterocycles. The number of nitrogens with zero attached hydrogens (tertiary/aromatic N) is 3.